The van der Waals surface area contributed by atoms with E-state index in [0.717, 1.165) is 38.5 Å². The Labute approximate surface area is 516 Å². The van der Waals surface area contributed by atoms with Crippen molar-refractivity contribution in [1.29, 1.82) is 0 Å². The third-order valence-corrected chi connectivity index (χ3v) is 18.7. The van der Waals surface area contributed by atoms with E-state index in [1.54, 1.807) is 0 Å². The molecule has 0 saturated carbocycles. The van der Waals surface area contributed by atoms with Crippen LogP contribution < -0.4 is 5.32 Å². The molecule has 1 fully saturated rings. The molecule has 83 heavy (non-hydrogen) atoms. The molecule has 1 saturated heterocycles. The van der Waals surface area contributed by atoms with Crippen molar-refractivity contribution in [3.8, 4) is 0 Å². The quantitative estimate of drug-likeness (QED) is 0.0330. The fraction of sp³-hybridized carbons (Fsp3) is 0.986. The maximum Gasteiger partial charge on any atom is 0.220 e. The number of hydrogen-bond donors (Lipinski definition) is 6. The lowest BCUT2D eigenvalue weighted by molar-refractivity contribution is -0.302. The summed E-state index contributed by atoms with van der Waals surface area (Å²) in [6.45, 7) is 3.91. The summed E-state index contributed by atoms with van der Waals surface area (Å²) >= 11 is 0. The summed E-state index contributed by atoms with van der Waals surface area (Å²) < 4.78 is 11.4. The van der Waals surface area contributed by atoms with Gasteiger partial charge in [0.2, 0.25) is 5.91 Å². The smallest absolute Gasteiger partial charge is 0.220 e. The summed E-state index contributed by atoms with van der Waals surface area (Å²) in [4.78, 5) is 13.2. The third kappa shape index (κ3) is 52.8. The minimum Gasteiger partial charge on any atom is -0.394 e. The van der Waals surface area contributed by atoms with Gasteiger partial charge < -0.3 is 40.3 Å². The molecule has 1 aliphatic rings. The average Bonchev–Trinajstić information content (AvgIpc) is 3.60. The van der Waals surface area contributed by atoms with Crippen LogP contribution in [0.1, 0.15) is 412 Å². The number of amides is 1. The van der Waals surface area contributed by atoms with Crippen molar-refractivity contribution in [2.24, 2.45) is 0 Å². The van der Waals surface area contributed by atoms with Crippen LogP contribution in [0.2, 0.25) is 0 Å². The van der Waals surface area contributed by atoms with Crippen LogP contribution in [-0.2, 0) is 14.3 Å². The molecule has 1 amide bonds. The molecule has 0 aliphatic carbocycles. The molecule has 7 unspecified atom stereocenters. The second-order valence-electron chi connectivity index (χ2n) is 26.8. The van der Waals surface area contributed by atoms with Gasteiger partial charge in [0.05, 0.1) is 25.4 Å². The lowest BCUT2D eigenvalue weighted by Crippen LogP contribution is -2.60. The van der Waals surface area contributed by atoms with Crippen molar-refractivity contribution in [3.05, 3.63) is 0 Å². The number of ether oxygens (including phenoxy) is 2. The molecule has 1 rings (SSSR count). The Kier molecular flexibility index (Phi) is 62.0. The molecule has 1 heterocycles. The van der Waals surface area contributed by atoms with E-state index < -0.39 is 49.5 Å². The molecule has 9 heteroatoms. The van der Waals surface area contributed by atoms with Crippen LogP contribution in [0.4, 0.5) is 0 Å². The van der Waals surface area contributed by atoms with E-state index in [9.17, 15) is 30.3 Å². The van der Waals surface area contributed by atoms with Crippen molar-refractivity contribution >= 4 is 5.91 Å². The Bertz CT molecular complexity index is 1270. The fourth-order valence-corrected chi connectivity index (χ4v) is 12.8. The molecular weight excluding hydrogens is 1030 g/mol. The molecule has 0 bridgehead atoms. The summed E-state index contributed by atoms with van der Waals surface area (Å²) in [6.07, 6.45) is 74.9. The third-order valence-electron chi connectivity index (χ3n) is 18.7. The van der Waals surface area contributed by atoms with E-state index in [0.29, 0.717) is 12.8 Å². The van der Waals surface area contributed by atoms with Crippen LogP contribution in [-0.4, -0.2) is 87.5 Å². The number of carbonyl (C=O) groups is 1. The highest BCUT2D eigenvalue weighted by Gasteiger charge is 2.44. The van der Waals surface area contributed by atoms with Crippen molar-refractivity contribution in [1.82, 2.24) is 5.32 Å². The summed E-state index contributed by atoms with van der Waals surface area (Å²) in [5.41, 5.74) is 0. The van der Waals surface area contributed by atoms with Crippen LogP contribution in [0.25, 0.3) is 0 Å². The largest absolute Gasteiger partial charge is 0.394 e. The molecule has 0 radical (unpaired) electrons. The topological polar surface area (TPSA) is 149 Å². The van der Waals surface area contributed by atoms with E-state index in [4.69, 9.17) is 9.47 Å². The predicted molar refractivity (Wildman–Crippen MR) is 355 cm³/mol. The van der Waals surface area contributed by atoms with Gasteiger partial charge in [-0.2, -0.15) is 0 Å². The number of aliphatic hydroxyl groups is 5. The maximum absolute atomic E-state index is 13.2. The van der Waals surface area contributed by atoms with Crippen molar-refractivity contribution in [3.63, 3.8) is 0 Å². The zero-order chi connectivity index (χ0) is 60.0. The van der Waals surface area contributed by atoms with Crippen molar-refractivity contribution in [2.45, 2.75) is 455 Å². The Hall–Kier alpha value is -0.810. The summed E-state index contributed by atoms with van der Waals surface area (Å²) in [6, 6.07) is -0.715. The van der Waals surface area contributed by atoms with Gasteiger partial charge in [-0.05, 0) is 12.8 Å². The molecule has 9 nitrogen and oxygen atoms in total. The van der Waals surface area contributed by atoms with Crippen LogP contribution >= 0.6 is 0 Å². The minimum atomic E-state index is -1.55. The van der Waals surface area contributed by atoms with Gasteiger partial charge in [0.25, 0.3) is 0 Å². The SMILES string of the molecule is CCCCCCCCCCCCCCCCCCCCCCCCCCCCCCCCCCCCCCCCC(=O)NC(COC1OC(CO)C(O)C(O)C1O)C(O)CCCCCCCCCCCCCCCCCCCCCCCC. The van der Waals surface area contributed by atoms with Crippen LogP contribution in [0, 0.1) is 0 Å². The highest BCUT2D eigenvalue weighted by Crippen LogP contribution is 2.24. The Morgan fingerprint density at radius 2 is 0.602 bits per heavy atom. The first-order valence-electron chi connectivity index (χ1n) is 37.7. The first-order chi connectivity index (χ1) is 40.8. The summed E-state index contributed by atoms with van der Waals surface area (Å²) in [7, 11) is 0. The average molecular weight is 1180 g/mol. The van der Waals surface area contributed by atoms with E-state index in [-0.39, 0.29) is 12.5 Å². The van der Waals surface area contributed by atoms with Gasteiger partial charge in [0.1, 0.15) is 24.4 Å². The van der Waals surface area contributed by atoms with Gasteiger partial charge in [0.15, 0.2) is 6.29 Å². The molecular formula is C74H147NO8. The lowest BCUT2D eigenvalue weighted by Gasteiger charge is -2.40. The number of nitrogens with one attached hydrogen (secondary N) is 1. The first kappa shape index (κ1) is 80.2. The minimum absolute atomic E-state index is 0.130. The van der Waals surface area contributed by atoms with Crippen molar-refractivity contribution < 1.29 is 39.8 Å². The van der Waals surface area contributed by atoms with Gasteiger partial charge in [0, 0.05) is 6.42 Å². The molecule has 7 atom stereocenters. The van der Waals surface area contributed by atoms with Gasteiger partial charge in [-0.15, -0.1) is 0 Å². The van der Waals surface area contributed by atoms with Gasteiger partial charge in [-0.25, -0.2) is 0 Å². The molecule has 0 spiro atoms. The van der Waals surface area contributed by atoms with Gasteiger partial charge in [-0.1, -0.05) is 393 Å². The highest BCUT2D eigenvalue weighted by atomic mass is 16.7. The fourth-order valence-electron chi connectivity index (χ4n) is 12.8. The van der Waals surface area contributed by atoms with Crippen molar-refractivity contribution in [2.75, 3.05) is 13.2 Å². The first-order valence-corrected chi connectivity index (χ1v) is 37.7. The van der Waals surface area contributed by atoms with E-state index in [1.807, 2.05) is 0 Å². The Morgan fingerprint density at radius 3 is 0.855 bits per heavy atom. The summed E-state index contributed by atoms with van der Waals surface area (Å²) in [5, 5.41) is 55.0. The molecule has 0 aromatic heterocycles. The predicted octanol–water partition coefficient (Wildman–Crippen LogP) is 20.9. The molecule has 0 aromatic carbocycles. The number of aliphatic hydroxyl groups excluding tert-OH is 5. The molecule has 496 valence electrons. The van der Waals surface area contributed by atoms with E-state index in [1.165, 1.54) is 347 Å². The standard InChI is InChI=1S/C74H147NO8/c1-3-5-7-9-11-13-15-17-19-21-23-25-27-28-29-30-31-32-33-34-35-36-37-38-39-40-41-42-44-46-48-50-52-54-56-58-60-62-64-70(78)75-67(66-82-74-73(81)72(80)71(79)69(65-76)83-74)68(77)63-61-59-57-55-53-51-49-47-45-43-26-24-22-20-18-16-14-12-10-8-6-4-2/h67-69,71-74,76-77,79-81H,3-66H2,1-2H3,(H,75,78). The van der Waals surface area contributed by atoms with Crippen LogP contribution in [0.15, 0.2) is 0 Å². The van der Waals surface area contributed by atoms with E-state index in [2.05, 4.69) is 19.2 Å². The zero-order valence-corrected chi connectivity index (χ0v) is 55.8. The second kappa shape index (κ2) is 64.2. The highest BCUT2D eigenvalue weighted by molar-refractivity contribution is 5.76. The molecule has 6 N–H and O–H groups in total. The zero-order valence-electron chi connectivity index (χ0n) is 55.8. The Balaban J connectivity index is 2.02. The monoisotopic (exact) mass is 1180 g/mol. The molecule has 1 aliphatic heterocycles. The Morgan fingerprint density at radius 1 is 0.361 bits per heavy atom. The molecule has 0 aromatic rings. The number of hydrogen-bond acceptors (Lipinski definition) is 8. The normalized spacial score (nSPS) is 18.1. The van der Waals surface area contributed by atoms with E-state index >= 15 is 0 Å². The number of unbranched alkanes of at least 4 members (excludes halogenated alkanes) is 58. The van der Waals surface area contributed by atoms with Crippen LogP contribution in [0.5, 0.6) is 0 Å². The number of carbonyl (C=O) groups excluding carboxylic acids is 1. The van der Waals surface area contributed by atoms with Gasteiger partial charge in [-0.3, -0.25) is 4.79 Å². The van der Waals surface area contributed by atoms with Crippen LogP contribution in [0.3, 0.4) is 0 Å². The summed E-state index contributed by atoms with van der Waals surface area (Å²) in [5.74, 6) is -0.132. The maximum atomic E-state index is 13.2. The second-order valence-corrected chi connectivity index (χ2v) is 26.8. The number of rotatable bonds is 68. The van der Waals surface area contributed by atoms with Gasteiger partial charge >= 0.3 is 0 Å². The lowest BCUT2D eigenvalue weighted by atomic mass is 9.99.